The molecule has 1 N–H and O–H groups in total. The molecule has 0 rings (SSSR count). The molecule has 0 aromatic heterocycles. The molecule has 0 saturated heterocycles. The normalized spacial score (nSPS) is 13.0. The summed E-state index contributed by atoms with van der Waals surface area (Å²) in [6.45, 7) is 20.8. The van der Waals surface area contributed by atoms with E-state index in [2.05, 4.69) is 76.7 Å². The Labute approximate surface area is 346 Å². The van der Waals surface area contributed by atoms with Crippen LogP contribution in [0.15, 0.2) is 24.1 Å². The van der Waals surface area contributed by atoms with Crippen LogP contribution < -0.4 is 5.32 Å². The van der Waals surface area contributed by atoms with Gasteiger partial charge in [-0.15, -0.1) is 0 Å². The van der Waals surface area contributed by atoms with Crippen molar-refractivity contribution in [3.05, 3.63) is 24.1 Å². The molecule has 0 bridgehead atoms. The van der Waals surface area contributed by atoms with Crippen LogP contribution in [0, 0.1) is 11.8 Å². The Hall–Kier alpha value is -2.33. The minimum atomic E-state index is -0.113. The maximum absolute atomic E-state index is 13.0. The average molecular weight is 787 g/mol. The Morgan fingerprint density at radius 1 is 0.607 bits per heavy atom. The lowest BCUT2D eigenvalue weighted by atomic mass is 9.98. The molecule has 0 aliphatic carbocycles. The molecule has 0 spiro atoms. The van der Waals surface area contributed by atoms with Crippen molar-refractivity contribution in [2.24, 2.45) is 11.8 Å². The van der Waals surface area contributed by atoms with E-state index in [-0.39, 0.29) is 29.8 Å². The zero-order chi connectivity index (χ0) is 41.7. The number of carbonyl (C=O) groups excluding carboxylic acids is 3. The van der Waals surface area contributed by atoms with Crippen molar-refractivity contribution in [1.29, 1.82) is 0 Å². The summed E-state index contributed by atoms with van der Waals surface area (Å²) in [7, 11) is 0. The molecule has 326 valence electrons. The molecule has 0 radical (unpaired) electrons. The van der Waals surface area contributed by atoms with Gasteiger partial charge in [0.1, 0.15) is 0 Å². The molecular formula is C49H90N2O5. The molecule has 0 aliphatic rings. The van der Waals surface area contributed by atoms with Crippen molar-refractivity contribution in [2.75, 3.05) is 19.8 Å². The molecule has 0 aromatic carbocycles. The van der Waals surface area contributed by atoms with E-state index in [0.29, 0.717) is 50.5 Å². The number of unbranched alkanes of at least 4 members (excludes halogenated alkanes) is 16. The minimum absolute atomic E-state index is 0.0327. The van der Waals surface area contributed by atoms with Gasteiger partial charge in [-0.3, -0.25) is 19.3 Å². The Balaban J connectivity index is 4.33. The number of amides is 1. The fraction of sp³-hybridized carbons (Fsp3) is 0.857. The minimum Gasteiger partial charge on any atom is -0.466 e. The van der Waals surface area contributed by atoms with Crippen molar-refractivity contribution >= 4 is 17.8 Å². The van der Waals surface area contributed by atoms with Crippen molar-refractivity contribution < 1.29 is 23.9 Å². The molecule has 0 aromatic rings. The second-order valence-corrected chi connectivity index (χ2v) is 17.2. The predicted octanol–water partition coefficient (Wildman–Crippen LogP) is 13.0. The van der Waals surface area contributed by atoms with Gasteiger partial charge >= 0.3 is 11.9 Å². The lowest BCUT2D eigenvalue weighted by Gasteiger charge is -2.30. The molecule has 0 aliphatic heterocycles. The van der Waals surface area contributed by atoms with E-state index >= 15 is 0 Å². The van der Waals surface area contributed by atoms with Gasteiger partial charge in [0.15, 0.2) is 0 Å². The lowest BCUT2D eigenvalue weighted by Crippen LogP contribution is -2.41. The Morgan fingerprint density at radius 3 is 1.52 bits per heavy atom. The summed E-state index contributed by atoms with van der Waals surface area (Å²) in [6, 6.07) is 1.14. The summed E-state index contributed by atoms with van der Waals surface area (Å²) in [5.41, 5.74) is 5.56. The highest BCUT2D eigenvalue weighted by Crippen LogP contribution is 2.18. The Morgan fingerprint density at radius 2 is 1.05 bits per heavy atom. The van der Waals surface area contributed by atoms with E-state index in [1.165, 1.54) is 83.5 Å². The SMILES string of the molecule is C=C=C=CC(CCCC)CC(=O)OCCCCCCCCCCC(CCCCCCCCCCOC(=O)CC(C)CCCC)NC(=O)CCN(C(C)C)C(C)C. The largest absolute Gasteiger partial charge is 0.466 e. The van der Waals surface area contributed by atoms with Crippen LogP contribution in [0.2, 0.25) is 0 Å². The van der Waals surface area contributed by atoms with Gasteiger partial charge in [-0.1, -0.05) is 154 Å². The van der Waals surface area contributed by atoms with Crippen LogP contribution in [0.4, 0.5) is 0 Å². The number of esters is 2. The highest BCUT2D eigenvalue weighted by atomic mass is 16.5. The van der Waals surface area contributed by atoms with E-state index in [9.17, 15) is 14.4 Å². The van der Waals surface area contributed by atoms with Gasteiger partial charge in [0.05, 0.1) is 19.6 Å². The molecule has 7 heteroatoms. The highest BCUT2D eigenvalue weighted by molar-refractivity contribution is 5.76. The molecule has 0 fully saturated rings. The molecule has 3 unspecified atom stereocenters. The molecule has 1 amide bonds. The van der Waals surface area contributed by atoms with Crippen molar-refractivity contribution in [2.45, 2.75) is 240 Å². The zero-order valence-corrected chi connectivity index (χ0v) is 37.9. The van der Waals surface area contributed by atoms with Crippen LogP contribution in [0.3, 0.4) is 0 Å². The maximum atomic E-state index is 13.0. The highest BCUT2D eigenvalue weighted by Gasteiger charge is 2.17. The van der Waals surface area contributed by atoms with Gasteiger partial charge in [0.25, 0.3) is 0 Å². The van der Waals surface area contributed by atoms with Gasteiger partial charge < -0.3 is 14.8 Å². The zero-order valence-electron chi connectivity index (χ0n) is 37.9. The van der Waals surface area contributed by atoms with E-state index < -0.39 is 0 Å². The summed E-state index contributed by atoms with van der Waals surface area (Å²) in [5, 5.41) is 3.43. The quantitative estimate of drug-likeness (QED) is 0.0379. The first-order valence-corrected chi connectivity index (χ1v) is 23.5. The van der Waals surface area contributed by atoms with Crippen molar-refractivity contribution in [1.82, 2.24) is 10.2 Å². The van der Waals surface area contributed by atoms with Crippen LogP contribution in [0.1, 0.15) is 222 Å². The molecular weight excluding hydrogens is 697 g/mol. The number of allylic oxidation sites excluding steroid dienone is 1. The van der Waals surface area contributed by atoms with Crippen molar-refractivity contribution in [3.63, 3.8) is 0 Å². The van der Waals surface area contributed by atoms with E-state index in [4.69, 9.17) is 9.47 Å². The van der Waals surface area contributed by atoms with Crippen LogP contribution >= 0.6 is 0 Å². The van der Waals surface area contributed by atoms with Gasteiger partial charge in [-0.2, -0.15) is 0 Å². The number of hydrogen-bond acceptors (Lipinski definition) is 6. The summed E-state index contributed by atoms with van der Waals surface area (Å²) in [6.07, 6.45) is 30.9. The number of nitrogens with one attached hydrogen (secondary N) is 1. The Kier molecular flexibility index (Phi) is 36.6. The summed E-state index contributed by atoms with van der Waals surface area (Å²) in [5.74, 6) is 0.631. The molecule has 7 nitrogen and oxygen atoms in total. The number of hydrogen-bond donors (Lipinski definition) is 1. The van der Waals surface area contributed by atoms with Gasteiger partial charge in [0.2, 0.25) is 5.91 Å². The summed E-state index contributed by atoms with van der Waals surface area (Å²) in [4.78, 5) is 39.8. The van der Waals surface area contributed by atoms with Gasteiger partial charge in [-0.25, -0.2) is 0 Å². The number of rotatable bonds is 39. The van der Waals surface area contributed by atoms with Crippen molar-refractivity contribution in [3.8, 4) is 0 Å². The third-order valence-electron chi connectivity index (χ3n) is 11.1. The first kappa shape index (κ1) is 53.7. The van der Waals surface area contributed by atoms with Crippen LogP contribution in [0.25, 0.3) is 0 Å². The van der Waals surface area contributed by atoms with Gasteiger partial charge in [0, 0.05) is 37.5 Å². The molecule has 3 atom stereocenters. The van der Waals surface area contributed by atoms with Gasteiger partial charge in [-0.05, 0) is 84.3 Å². The smallest absolute Gasteiger partial charge is 0.306 e. The number of carbonyl (C=O) groups is 3. The molecule has 0 heterocycles. The van der Waals surface area contributed by atoms with Crippen LogP contribution in [0.5, 0.6) is 0 Å². The summed E-state index contributed by atoms with van der Waals surface area (Å²) < 4.78 is 11.0. The Bertz CT molecular complexity index is 1040. The summed E-state index contributed by atoms with van der Waals surface area (Å²) >= 11 is 0. The maximum Gasteiger partial charge on any atom is 0.306 e. The van der Waals surface area contributed by atoms with E-state index in [1.807, 2.05) is 6.08 Å². The van der Waals surface area contributed by atoms with Crippen LogP contribution in [-0.4, -0.2) is 60.6 Å². The third-order valence-corrected chi connectivity index (χ3v) is 11.1. The van der Waals surface area contributed by atoms with E-state index in [1.54, 1.807) is 0 Å². The number of nitrogens with zero attached hydrogens (tertiary/aromatic N) is 1. The predicted molar refractivity (Wildman–Crippen MR) is 237 cm³/mol. The fourth-order valence-corrected chi connectivity index (χ4v) is 7.57. The van der Waals surface area contributed by atoms with E-state index in [0.717, 1.165) is 77.2 Å². The second-order valence-electron chi connectivity index (χ2n) is 17.2. The average Bonchev–Trinajstić information content (AvgIpc) is 3.15. The fourth-order valence-electron chi connectivity index (χ4n) is 7.57. The van der Waals surface area contributed by atoms with Crippen LogP contribution in [-0.2, 0) is 23.9 Å². The topological polar surface area (TPSA) is 84.9 Å². The monoisotopic (exact) mass is 787 g/mol. The standard InChI is InChI=1S/C49H90N2O5/c1-9-12-31-44(8)40-48(53)55-38-29-25-21-17-15-19-23-27-34-46(50-47(52)36-37-51(42(4)5)43(6)7)35-28-24-20-16-18-22-26-30-39-56-49(54)41-45(32-13-10-2)33-14-11-3/h32,42-46H,2,9,11-12,14-31,33-41H2,1,3-8H3,(H,50,52). The first-order chi connectivity index (χ1) is 27.0. The number of ether oxygens (including phenoxy) is 2. The molecule has 56 heavy (non-hydrogen) atoms. The third kappa shape index (κ3) is 33.8. The lowest BCUT2D eigenvalue weighted by molar-refractivity contribution is -0.145. The second kappa shape index (κ2) is 38.2. The first-order valence-electron chi connectivity index (χ1n) is 23.5. The molecule has 0 saturated carbocycles.